The summed E-state index contributed by atoms with van der Waals surface area (Å²) in [4.78, 5) is 24.7. The number of hydrogen-bond acceptors (Lipinski definition) is 4. The summed E-state index contributed by atoms with van der Waals surface area (Å²) in [6.07, 6.45) is -1.83. The van der Waals surface area contributed by atoms with Crippen LogP contribution in [0.4, 0.5) is 0 Å². The molecule has 0 aliphatic carbocycles. The number of hydrogen-bond donors (Lipinski definition) is 1. The first kappa shape index (κ1) is 16.9. The predicted molar refractivity (Wildman–Crippen MR) is 80.5 cm³/mol. The van der Waals surface area contributed by atoms with Crippen LogP contribution in [0.25, 0.3) is 0 Å². The Hall–Kier alpha value is -1.50. The number of halogens is 2. The van der Waals surface area contributed by atoms with Crippen LogP contribution in [0.15, 0.2) is 18.2 Å². The van der Waals surface area contributed by atoms with E-state index in [1.807, 2.05) is 0 Å². The zero-order valence-corrected chi connectivity index (χ0v) is 13.3. The van der Waals surface area contributed by atoms with Crippen molar-refractivity contribution in [3.05, 3.63) is 28.2 Å². The van der Waals surface area contributed by atoms with E-state index >= 15 is 0 Å². The largest absolute Gasteiger partial charge is 0.479 e. The van der Waals surface area contributed by atoms with Gasteiger partial charge in [-0.3, -0.25) is 4.79 Å². The van der Waals surface area contributed by atoms with Crippen molar-refractivity contribution in [2.24, 2.45) is 0 Å². The molecule has 2 rings (SSSR count). The average Bonchev–Trinajstić information content (AvgIpc) is 2.51. The van der Waals surface area contributed by atoms with Crippen LogP contribution in [0.3, 0.4) is 0 Å². The summed E-state index contributed by atoms with van der Waals surface area (Å²) in [5, 5.41) is 9.51. The number of carboxylic acid groups (broad SMARTS) is 1. The van der Waals surface area contributed by atoms with Crippen molar-refractivity contribution in [3.8, 4) is 5.75 Å². The third-order valence-corrected chi connectivity index (χ3v) is 4.02. The molecule has 1 saturated heterocycles. The summed E-state index contributed by atoms with van der Waals surface area (Å²) < 4.78 is 10.6. The highest BCUT2D eigenvalue weighted by atomic mass is 35.5. The Morgan fingerprint density at radius 1 is 1.45 bits per heavy atom. The van der Waals surface area contributed by atoms with Gasteiger partial charge < -0.3 is 19.5 Å². The zero-order chi connectivity index (χ0) is 16.3. The summed E-state index contributed by atoms with van der Waals surface area (Å²) in [6.45, 7) is 2.06. The molecule has 22 heavy (non-hydrogen) atoms. The molecule has 8 heteroatoms. The van der Waals surface area contributed by atoms with Gasteiger partial charge in [0, 0.05) is 6.54 Å². The van der Waals surface area contributed by atoms with Crippen molar-refractivity contribution in [2.45, 2.75) is 19.1 Å². The van der Waals surface area contributed by atoms with Gasteiger partial charge in [0.1, 0.15) is 10.8 Å². The molecule has 120 valence electrons. The molecule has 1 aromatic carbocycles. The van der Waals surface area contributed by atoms with Crippen LogP contribution >= 0.6 is 23.2 Å². The lowest BCUT2D eigenvalue weighted by atomic mass is 10.2. The molecule has 2 atom stereocenters. The average molecular weight is 348 g/mol. The fourth-order valence-corrected chi connectivity index (χ4v) is 2.41. The van der Waals surface area contributed by atoms with Crippen LogP contribution in [0.1, 0.15) is 6.92 Å². The van der Waals surface area contributed by atoms with E-state index in [0.717, 1.165) is 0 Å². The van der Waals surface area contributed by atoms with E-state index in [1.165, 1.54) is 4.90 Å². The van der Waals surface area contributed by atoms with Gasteiger partial charge in [-0.15, -0.1) is 0 Å². The van der Waals surface area contributed by atoms with Gasteiger partial charge in [-0.2, -0.15) is 0 Å². The molecule has 1 fully saturated rings. The molecule has 1 aromatic rings. The Morgan fingerprint density at radius 2 is 2.18 bits per heavy atom. The molecular weight excluding hydrogens is 333 g/mol. The van der Waals surface area contributed by atoms with Gasteiger partial charge in [-0.25, -0.2) is 4.79 Å². The number of carbonyl (C=O) groups is 2. The smallest absolute Gasteiger partial charge is 0.334 e. The van der Waals surface area contributed by atoms with Gasteiger partial charge in [-0.05, 0) is 19.1 Å². The first-order valence-corrected chi connectivity index (χ1v) is 7.39. The Labute approximate surface area is 137 Å². The summed E-state index contributed by atoms with van der Waals surface area (Å²) in [7, 11) is 0. The molecule has 0 radical (unpaired) electrons. The van der Waals surface area contributed by atoms with Crippen molar-refractivity contribution in [1.29, 1.82) is 0 Å². The van der Waals surface area contributed by atoms with Crippen LogP contribution in [0.2, 0.25) is 10.0 Å². The van der Waals surface area contributed by atoms with Crippen LogP contribution in [0, 0.1) is 0 Å². The van der Waals surface area contributed by atoms with Gasteiger partial charge in [0.15, 0.2) is 12.2 Å². The topological polar surface area (TPSA) is 76.1 Å². The maximum Gasteiger partial charge on any atom is 0.334 e. The van der Waals surface area contributed by atoms with E-state index in [0.29, 0.717) is 17.3 Å². The molecule has 0 aromatic heterocycles. The number of morpholine rings is 1. The number of ether oxygens (including phenoxy) is 2. The lowest BCUT2D eigenvalue weighted by Crippen LogP contribution is -2.51. The Balaban J connectivity index is 2.02. The van der Waals surface area contributed by atoms with E-state index in [4.69, 9.17) is 37.8 Å². The van der Waals surface area contributed by atoms with Gasteiger partial charge in [0.05, 0.1) is 18.2 Å². The van der Waals surface area contributed by atoms with Crippen molar-refractivity contribution in [2.75, 3.05) is 19.7 Å². The molecule has 1 amide bonds. The second-order valence-corrected chi connectivity index (χ2v) is 5.58. The van der Waals surface area contributed by atoms with Gasteiger partial charge >= 0.3 is 5.97 Å². The number of aliphatic carboxylic acids is 1. The SMILES string of the molecule is CC(Oc1cccc(Cl)c1Cl)C(=O)N1CCOC(C(=O)O)C1. The maximum absolute atomic E-state index is 12.3. The molecule has 0 bridgehead atoms. The van der Waals surface area contributed by atoms with E-state index in [9.17, 15) is 9.59 Å². The normalized spacial score (nSPS) is 19.6. The molecule has 1 heterocycles. The number of rotatable bonds is 4. The van der Waals surface area contributed by atoms with Crippen molar-refractivity contribution in [3.63, 3.8) is 0 Å². The molecular formula is C14H15Cl2NO5. The van der Waals surface area contributed by atoms with E-state index in [1.54, 1.807) is 25.1 Å². The molecule has 0 spiro atoms. The number of amides is 1. The minimum absolute atomic E-state index is 0.00879. The van der Waals surface area contributed by atoms with Crippen LogP contribution in [-0.4, -0.2) is 53.8 Å². The Bertz CT molecular complexity index is 580. The molecule has 0 saturated carbocycles. The standard InChI is InChI=1S/C14H15Cl2NO5/c1-8(22-10-4-2-3-9(15)12(10)16)13(18)17-5-6-21-11(7-17)14(19)20/h2-4,8,11H,5-7H2,1H3,(H,19,20). The van der Waals surface area contributed by atoms with Crippen LogP contribution in [0.5, 0.6) is 5.75 Å². The summed E-state index contributed by atoms with van der Waals surface area (Å²) in [6, 6.07) is 4.88. The van der Waals surface area contributed by atoms with E-state index < -0.39 is 18.2 Å². The monoisotopic (exact) mass is 347 g/mol. The van der Waals surface area contributed by atoms with Crippen molar-refractivity contribution >= 4 is 35.1 Å². The third kappa shape index (κ3) is 3.82. The summed E-state index contributed by atoms with van der Waals surface area (Å²) in [5.74, 6) is -1.12. The number of carboxylic acids is 1. The number of carbonyl (C=O) groups excluding carboxylic acids is 1. The summed E-state index contributed by atoms with van der Waals surface area (Å²) >= 11 is 11.9. The van der Waals surface area contributed by atoms with Crippen LogP contribution < -0.4 is 4.74 Å². The molecule has 6 nitrogen and oxygen atoms in total. The number of nitrogens with zero attached hydrogens (tertiary/aromatic N) is 1. The minimum Gasteiger partial charge on any atom is -0.479 e. The Morgan fingerprint density at radius 3 is 2.86 bits per heavy atom. The fourth-order valence-electron chi connectivity index (χ4n) is 2.07. The van der Waals surface area contributed by atoms with E-state index in [-0.39, 0.29) is 24.1 Å². The van der Waals surface area contributed by atoms with E-state index in [2.05, 4.69) is 0 Å². The molecule has 2 unspecified atom stereocenters. The molecule has 1 aliphatic rings. The highest BCUT2D eigenvalue weighted by Crippen LogP contribution is 2.32. The third-order valence-electron chi connectivity index (χ3n) is 3.22. The van der Waals surface area contributed by atoms with Crippen molar-refractivity contribution in [1.82, 2.24) is 4.90 Å². The first-order chi connectivity index (χ1) is 10.4. The second kappa shape index (κ2) is 7.17. The first-order valence-electron chi connectivity index (χ1n) is 6.64. The van der Waals surface area contributed by atoms with Crippen LogP contribution in [-0.2, 0) is 14.3 Å². The van der Waals surface area contributed by atoms with Crippen molar-refractivity contribution < 1.29 is 24.2 Å². The van der Waals surface area contributed by atoms with Gasteiger partial charge in [0.25, 0.3) is 5.91 Å². The van der Waals surface area contributed by atoms with Gasteiger partial charge in [0.2, 0.25) is 0 Å². The predicted octanol–water partition coefficient (Wildman–Crippen LogP) is 2.07. The highest BCUT2D eigenvalue weighted by molar-refractivity contribution is 6.42. The highest BCUT2D eigenvalue weighted by Gasteiger charge is 2.31. The van der Waals surface area contributed by atoms with Gasteiger partial charge in [-0.1, -0.05) is 29.3 Å². The fraction of sp³-hybridized carbons (Fsp3) is 0.429. The quantitative estimate of drug-likeness (QED) is 0.902. The maximum atomic E-state index is 12.3. The Kier molecular flexibility index (Phi) is 5.50. The molecule has 1 N–H and O–H groups in total. The second-order valence-electron chi connectivity index (χ2n) is 4.79. The summed E-state index contributed by atoms with van der Waals surface area (Å²) in [5.41, 5.74) is 0. The minimum atomic E-state index is -1.09. The lowest BCUT2D eigenvalue weighted by Gasteiger charge is -2.32. The lowest BCUT2D eigenvalue weighted by molar-refractivity contribution is -0.161. The zero-order valence-electron chi connectivity index (χ0n) is 11.8. The number of benzene rings is 1. The molecule has 1 aliphatic heterocycles.